The summed E-state index contributed by atoms with van der Waals surface area (Å²) in [5.41, 5.74) is 14.9. The zero-order valence-electron chi connectivity index (χ0n) is 28.8. The van der Waals surface area contributed by atoms with E-state index >= 15 is 0 Å². The van der Waals surface area contributed by atoms with Gasteiger partial charge in [0, 0.05) is 6.42 Å². The summed E-state index contributed by atoms with van der Waals surface area (Å²) >= 11 is 0. The summed E-state index contributed by atoms with van der Waals surface area (Å²) in [4.78, 5) is 12.2. The number of benzene rings is 4. The number of carbonyl (C=O) groups is 1. The summed E-state index contributed by atoms with van der Waals surface area (Å²) in [5, 5.41) is 30.7. The third-order valence-electron chi connectivity index (χ3n) is 7.56. The van der Waals surface area contributed by atoms with Gasteiger partial charge in [-0.05, 0) is 74.4 Å². The van der Waals surface area contributed by atoms with Crippen LogP contribution in [-0.2, 0) is 17.6 Å². The van der Waals surface area contributed by atoms with E-state index in [0.29, 0.717) is 24.5 Å². The van der Waals surface area contributed by atoms with Crippen LogP contribution in [0, 0.1) is 13.8 Å². The summed E-state index contributed by atoms with van der Waals surface area (Å²) in [6, 6.07) is 32.8. The van der Waals surface area contributed by atoms with Gasteiger partial charge in [0.05, 0.1) is 6.04 Å². The predicted octanol–water partition coefficient (Wildman–Crippen LogP) is 6.82. The van der Waals surface area contributed by atoms with Gasteiger partial charge in [0.1, 0.15) is 11.6 Å². The van der Waals surface area contributed by atoms with Crippen molar-refractivity contribution < 1.29 is 9.53 Å². The molecule has 12 nitrogen and oxygen atoms in total. The van der Waals surface area contributed by atoms with Gasteiger partial charge in [-0.2, -0.15) is 10.4 Å². The smallest absolute Gasteiger partial charge is 0.408 e. The molecule has 4 aromatic carbocycles. The molecule has 6 aromatic rings. The molecule has 50 heavy (non-hydrogen) atoms. The second-order valence-corrected chi connectivity index (χ2v) is 12.9. The average molecular weight is 695 g/mol. The molecule has 0 bridgehead atoms. The van der Waals surface area contributed by atoms with E-state index in [-0.39, 0.29) is 18.4 Å². The minimum Gasteiger partial charge on any atom is -0.444 e. The van der Waals surface area contributed by atoms with Crippen molar-refractivity contribution >= 4 is 18.5 Å². The Morgan fingerprint density at radius 1 is 0.720 bits per heavy atom. The number of nitrogens with zero attached hydrogens (tertiary/aromatic N) is 6. The zero-order valence-corrected chi connectivity index (χ0v) is 29.6. The molecule has 2 aromatic heterocycles. The number of nitrogens with one attached hydrogen (secondary N) is 3. The molecule has 1 amide bonds. The van der Waals surface area contributed by atoms with Gasteiger partial charge in [-0.3, -0.25) is 0 Å². The van der Waals surface area contributed by atoms with E-state index in [9.17, 15) is 4.79 Å². The van der Waals surface area contributed by atoms with Gasteiger partial charge in [-0.25, -0.2) is 4.79 Å². The Morgan fingerprint density at radius 3 is 1.64 bits per heavy atom. The fourth-order valence-electron chi connectivity index (χ4n) is 5.20. The topological polar surface area (TPSA) is 173 Å². The van der Waals surface area contributed by atoms with Crippen molar-refractivity contribution in [3.05, 3.63) is 131 Å². The number of halogens is 1. The van der Waals surface area contributed by atoms with Gasteiger partial charge in [-0.1, -0.05) is 119 Å². The lowest BCUT2D eigenvalue weighted by Crippen LogP contribution is -2.36. The van der Waals surface area contributed by atoms with Crippen LogP contribution in [0.2, 0.25) is 0 Å². The zero-order chi connectivity index (χ0) is 34.8. The van der Waals surface area contributed by atoms with Gasteiger partial charge in [-0.15, -0.1) is 32.8 Å². The quantitative estimate of drug-likeness (QED) is 0.127. The Kier molecular flexibility index (Phi) is 12.9. The van der Waals surface area contributed by atoms with Gasteiger partial charge in [0.25, 0.3) is 0 Å². The Balaban J connectivity index is 0.000000229. The van der Waals surface area contributed by atoms with E-state index in [2.05, 4.69) is 145 Å². The molecule has 0 spiro atoms. The fraction of sp³-hybridized carbons (Fsp3) is 0.270. The van der Waals surface area contributed by atoms with E-state index in [1.165, 1.54) is 27.8 Å². The summed E-state index contributed by atoms with van der Waals surface area (Å²) in [6.45, 7) is 9.64. The molecule has 2 atom stereocenters. The van der Waals surface area contributed by atoms with E-state index in [0.717, 1.165) is 16.7 Å². The van der Waals surface area contributed by atoms with Crippen LogP contribution >= 0.6 is 12.4 Å². The van der Waals surface area contributed by atoms with Crippen LogP contribution in [0.4, 0.5) is 4.79 Å². The van der Waals surface area contributed by atoms with Gasteiger partial charge in [0.15, 0.2) is 11.6 Å². The molecule has 6 rings (SSSR count). The molecule has 0 saturated heterocycles. The second-order valence-electron chi connectivity index (χ2n) is 12.9. The van der Waals surface area contributed by atoms with Crippen molar-refractivity contribution in [3.8, 4) is 22.3 Å². The number of tetrazole rings is 2. The first-order valence-electron chi connectivity index (χ1n) is 16.1. The number of aryl methyl sites for hydroxylation is 2. The largest absolute Gasteiger partial charge is 0.444 e. The number of rotatable bonds is 9. The summed E-state index contributed by atoms with van der Waals surface area (Å²) in [7, 11) is 0. The first kappa shape index (κ1) is 37.4. The number of nitrogens with two attached hydrogens (primary N) is 1. The molecule has 0 fully saturated rings. The van der Waals surface area contributed by atoms with Crippen molar-refractivity contribution in [1.29, 1.82) is 0 Å². The molecule has 0 aliphatic rings. The highest BCUT2D eigenvalue weighted by atomic mass is 35.5. The first-order valence-corrected chi connectivity index (χ1v) is 16.1. The molecule has 260 valence electrons. The standard InChI is InChI=1S/C21H25N5O2.C16H17N5.ClH/c1-14-6-5-7-17(12-14)16-10-8-15(9-11-16)13-18(19-23-25-26-24-19)22-20(27)28-21(2,3)4;1-11-3-2-4-14(9-11)13-7-5-12(6-8-13)10-15(17)16-18-20-21-19-16;/h5-12,18H,13H2,1-4H3,(H,22,27)(H,23,24,25,26);2-9,15H,10,17H2,1H3,(H,18,19,20,21);1H/t18-;15-;/m00./s1. The van der Waals surface area contributed by atoms with Crippen LogP contribution in [0.1, 0.15) is 66.8 Å². The van der Waals surface area contributed by atoms with Crippen molar-refractivity contribution in [1.82, 2.24) is 46.6 Å². The molecule has 2 heterocycles. The maximum Gasteiger partial charge on any atom is 0.408 e. The molecule has 5 N–H and O–H groups in total. The number of amides is 1. The number of aromatic nitrogens is 8. The van der Waals surface area contributed by atoms with Crippen LogP contribution < -0.4 is 11.1 Å². The average Bonchev–Trinajstić information content (AvgIpc) is 3.81. The van der Waals surface area contributed by atoms with Gasteiger partial charge in [0.2, 0.25) is 0 Å². The van der Waals surface area contributed by atoms with Gasteiger partial charge < -0.3 is 15.8 Å². The molecular formula is C37H43ClN10O2. The third kappa shape index (κ3) is 11.0. The van der Waals surface area contributed by atoms with Crippen molar-refractivity contribution in [2.45, 2.75) is 65.1 Å². The number of H-pyrrole nitrogens is 2. The molecular weight excluding hydrogens is 652 g/mol. The number of ether oxygens (including phenoxy) is 1. The highest BCUT2D eigenvalue weighted by Crippen LogP contribution is 2.24. The van der Waals surface area contributed by atoms with E-state index < -0.39 is 17.7 Å². The first-order chi connectivity index (χ1) is 23.5. The minimum atomic E-state index is -0.582. The maximum absolute atomic E-state index is 12.2. The van der Waals surface area contributed by atoms with Crippen LogP contribution in [0.15, 0.2) is 97.1 Å². The van der Waals surface area contributed by atoms with Crippen molar-refractivity contribution in [2.24, 2.45) is 5.73 Å². The lowest BCUT2D eigenvalue weighted by atomic mass is 9.99. The Labute approximate surface area is 298 Å². The SMILES string of the molecule is Cc1cccc(-c2ccc(C[C@H](N)c3nn[nH]n3)cc2)c1.Cc1cccc(-c2ccc(C[C@H](NC(=O)OC(C)(C)C)c3nn[nH]n3)cc2)c1.Cl. The van der Waals surface area contributed by atoms with E-state index in [1.807, 2.05) is 32.9 Å². The van der Waals surface area contributed by atoms with Crippen molar-refractivity contribution in [2.75, 3.05) is 0 Å². The fourth-order valence-corrected chi connectivity index (χ4v) is 5.20. The lowest BCUT2D eigenvalue weighted by Gasteiger charge is -2.22. The molecule has 0 saturated carbocycles. The molecule has 13 heteroatoms. The second kappa shape index (κ2) is 17.3. The number of aromatic amines is 2. The number of hydrogen-bond acceptors (Lipinski definition) is 9. The monoisotopic (exact) mass is 694 g/mol. The summed E-state index contributed by atoms with van der Waals surface area (Å²) < 4.78 is 5.36. The number of carbonyl (C=O) groups excluding carboxylic acids is 1. The highest BCUT2D eigenvalue weighted by molar-refractivity contribution is 5.85. The van der Waals surface area contributed by atoms with Crippen LogP contribution in [0.3, 0.4) is 0 Å². The van der Waals surface area contributed by atoms with E-state index in [4.69, 9.17) is 10.5 Å². The normalized spacial score (nSPS) is 12.1. The number of alkyl carbamates (subject to hydrolysis) is 1. The third-order valence-corrected chi connectivity index (χ3v) is 7.56. The Morgan fingerprint density at radius 2 is 1.20 bits per heavy atom. The lowest BCUT2D eigenvalue weighted by molar-refractivity contribution is 0.0501. The molecule has 0 radical (unpaired) electrons. The van der Waals surface area contributed by atoms with E-state index in [1.54, 1.807) is 0 Å². The minimum absolute atomic E-state index is 0. The molecule has 0 aliphatic heterocycles. The van der Waals surface area contributed by atoms with Crippen molar-refractivity contribution in [3.63, 3.8) is 0 Å². The highest BCUT2D eigenvalue weighted by Gasteiger charge is 2.23. The van der Waals surface area contributed by atoms with Crippen LogP contribution in [-0.4, -0.2) is 52.9 Å². The van der Waals surface area contributed by atoms with Crippen LogP contribution in [0.5, 0.6) is 0 Å². The summed E-state index contributed by atoms with van der Waals surface area (Å²) in [6.07, 6.45) is 0.694. The van der Waals surface area contributed by atoms with Crippen LogP contribution in [0.25, 0.3) is 22.3 Å². The number of hydrogen-bond donors (Lipinski definition) is 4. The summed E-state index contributed by atoms with van der Waals surface area (Å²) in [5.74, 6) is 0.950. The Bertz CT molecular complexity index is 1910. The Hall–Kier alpha value is -5.46. The molecule has 0 unspecified atom stereocenters. The molecule has 0 aliphatic carbocycles. The van der Waals surface area contributed by atoms with Gasteiger partial charge >= 0.3 is 6.09 Å². The maximum atomic E-state index is 12.2. The predicted molar refractivity (Wildman–Crippen MR) is 195 cm³/mol.